The van der Waals surface area contributed by atoms with E-state index in [0.717, 1.165) is 6.26 Å². The Morgan fingerprint density at radius 2 is 2.00 bits per heavy atom. The number of carbonyl (C=O) groups is 1. The van der Waals surface area contributed by atoms with Crippen molar-refractivity contribution in [3.63, 3.8) is 0 Å². The third-order valence-electron chi connectivity index (χ3n) is 3.52. The Morgan fingerprint density at radius 3 is 2.50 bits per heavy atom. The standard InChI is InChI=1S/C15H24N2O4S/c1-10(2)13(18)15(3,4)9-17-14(19)12-11(22(5,20)21)7-6-8-16-12/h6-8,10,13,18H,9H2,1-5H3,(H,17,19)/t13-/m1/s1. The van der Waals surface area contributed by atoms with E-state index in [1.165, 1.54) is 18.3 Å². The minimum absolute atomic E-state index is 0.0494. The first-order chi connectivity index (χ1) is 9.97. The predicted molar refractivity (Wildman–Crippen MR) is 84.3 cm³/mol. The number of rotatable bonds is 6. The molecule has 0 aliphatic rings. The molecule has 6 nitrogen and oxygen atoms in total. The van der Waals surface area contributed by atoms with E-state index >= 15 is 0 Å². The summed E-state index contributed by atoms with van der Waals surface area (Å²) in [5.41, 5.74) is -0.663. The van der Waals surface area contributed by atoms with Gasteiger partial charge in [0.15, 0.2) is 9.84 Å². The highest BCUT2D eigenvalue weighted by molar-refractivity contribution is 7.90. The lowest BCUT2D eigenvalue weighted by Crippen LogP contribution is -2.43. The summed E-state index contributed by atoms with van der Waals surface area (Å²) in [5, 5.41) is 12.8. The van der Waals surface area contributed by atoms with Crippen LogP contribution in [0.25, 0.3) is 0 Å². The highest BCUT2D eigenvalue weighted by Gasteiger charge is 2.31. The largest absolute Gasteiger partial charge is 0.392 e. The molecule has 1 atom stereocenters. The first kappa shape index (κ1) is 18.6. The zero-order chi connectivity index (χ0) is 17.1. The summed E-state index contributed by atoms with van der Waals surface area (Å²) in [7, 11) is -3.53. The fraction of sp³-hybridized carbons (Fsp3) is 0.600. The van der Waals surface area contributed by atoms with Crippen LogP contribution in [0.2, 0.25) is 0 Å². The highest BCUT2D eigenvalue weighted by Crippen LogP contribution is 2.25. The number of aliphatic hydroxyl groups excluding tert-OH is 1. The van der Waals surface area contributed by atoms with Gasteiger partial charge >= 0.3 is 0 Å². The quantitative estimate of drug-likeness (QED) is 0.819. The minimum Gasteiger partial charge on any atom is -0.392 e. The second-order valence-corrected chi connectivity index (χ2v) is 8.47. The van der Waals surface area contributed by atoms with E-state index in [1.807, 2.05) is 27.7 Å². The zero-order valence-electron chi connectivity index (χ0n) is 13.6. The summed E-state index contributed by atoms with van der Waals surface area (Å²) in [6.07, 6.45) is 1.82. The Morgan fingerprint density at radius 1 is 1.41 bits per heavy atom. The molecule has 0 fully saturated rings. The number of aliphatic hydroxyl groups is 1. The molecule has 0 unspecified atom stereocenters. The van der Waals surface area contributed by atoms with Crippen LogP contribution in [0.1, 0.15) is 38.2 Å². The van der Waals surface area contributed by atoms with Gasteiger partial charge in [-0.2, -0.15) is 0 Å². The molecule has 22 heavy (non-hydrogen) atoms. The molecule has 0 radical (unpaired) electrons. The van der Waals surface area contributed by atoms with Crippen molar-refractivity contribution in [1.82, 2.24) is 10.3 Å². The number of pyridine rings is 1. The Labute approximate surface area is 131 Å². The number of aromatic nitrogens is 1. The summed E-state index contributed by atoms with van der Waals surface area (Å²) in [6, 6.07) is 2.82. The lowest BCUT2D eigenvalue weighted by molar-refractivity contribution is 0.0137. The van der Waals surface area contributed by atoms with Crippen molar-refractivity contribution in [3.8, 4) is 0 Å². The minimum atomic E-state index is -3.53. The van der Waals surface area contributed by atoms with Gasteiger partial charge in [0.1, 0.15) is 5.69 Å². The molecule has 0 bridgehead atoms. The van der Waals surface area contributed by atoms with E-state index in [-0.39, 0.29) is 23.1 Å². The van der Waals surface area contributed by atoms with Crippen molar-refractivity contribution in [2.45, 2.75) is 38.7 Å². The fourth-order valence-electron chi connectivity index (χ4n) is 2.26. The highest BCUT2D eigenvalue weighted by atomic mass is 32.2. The third-order valence-corrected chi connectivity index (χ3v) is 4.65. The van der Waals surface area contributed by atoms with Crippen molar-refractivity contribution < 1.29 is 18.3 Å². The molecule has 7 heteroatoms. The zero-order valence-corrected chi connectivity index (χ0v) is 14.4. The van der Waals surface area contributed by atoms with Gasteiger partial charge in [0.25, 0.3) is 5.91 Å². The molecule has 1 aromatic heterocycles. The molecular weight excluding hydrogens is 304 g/mol. The number of nitrogens with zero attached hydrogens (tertiary/aromatic N) is 1. The molecule has 2 N–H and O–H groups in total. The van der Waals surface area contributed by atoms with Gasteiger partial charge < -0.3 is 10.4 Å². The van der Waals surface area contributed by atoms with E-state index in [1.54, 1.807) is 0 Å². The Kier molecular flexibility index (Phi) is 5.70. The molecule has 1 amide bonds. The molecule has 1 heterocycles. The Bertz CT molecular complexity index is 639. The van der Waals surface area contributed by atoms with Crippen LogP contribution in [-0.4, -0.2) is 43.3 Å². The molecule has 124 valence electrons. The molecule has 0 aromatic carbocycles. The first-order valence-electron chi connectivity index (χ1n) is 7.08. The number of carbonyl (C=O) groups excluding carboxylic acids is 1. The van der Waals surface area contributed by atoms with E-state index in [4.69, 9.17) is 0 Å². The van der Waals surface area contributed by atoms with Crippen LogP contribution in [0.15, 0.2) is 23.2 Å². The van der Waals surface area contributed by atoms with Crippen LogP contribution in [0, 0.1) is 11.3 Å². The Hall–Kier alpha value is -1.47. The second-order valence-electron chi connectivity index (χ2n) is 6.48. The van der Waals surface area contributed by atoms with Crippen LogP contribution in [0.4, 0.5) is 0 Å². The number of hydrogen-bond donors (Lipinski definition) is 2. The van der Waals surface area contributed by atoms with Crippen molar-refractivity contribution in [2.24, 2.45) is 11.3 Å². The monoisotopic (exact) mass is 328 g/mol. The van der Waals surface area contributed by atoms with Crippen molar-refractivity contribution in [3.05, 3.63) is 24.0 Å². The van der Waals surface area contributed by atoms with E-state index in [2.05, 4.69) is 10.3 Å². The lowest BCUT2D eigenvalue weighted by Gasteiger charge is -2.33. The number of hydrogen-bond acceptors (Lipinski definition) is 5. The van der Waals surface area contributed by atoms with Gasteiger partial charge in [0.2, 0.25) is 0 Å². The third kappa shape index (κ3) is 4.51. The van der Waals surface area contributed by atoms with Gasteiger partial charge in [-0.05, 0) is 18.1 Å². The molecule has 1 rings (SSSR count). The smallest absolute Gasteiger partial charge is 0.271 e. The van der Waals surface area contributed by atoms with Gasteiger partial charge in [-0.15, -0.1) is 0 Å². The average molecular weight is 328 g/mol. The van der Waals surface area contributed by atoms with Crippen LogP contribution in [-0.2, 0) is 9.84 Å². The molecule has 1 aromatic rings. The first-order valence-corrected chi connectivity index (χ1v) is 8.97. The summed E-state index contributed by atoms with van der Waals surface area (Å²) in [4.78, 5) is 16.0. The summed E-state index contributed by atoms with van der Waals surface area (Å²) < 4.78 is 23.4. The fourth-order valence-corrected chi connectivity index (χ4v) is 3.08. The van der Waals surface area contributed by atoms with Gasteiger partial charge in [0.05, 0.1) is 11.0 Å². The summed E-state index contributed by atoms with van der Waals surface area (Å²) in [5.74, 6) is -0.515. The maximum atomic E-state index is 12.2. The molecular formula is C15H24N2O4S. The van der Waals surface area contributed by atoms with Gasteiger partial charge in [-0.3, -0.25) is 4.79 Å². The van der Waals surface area contributed by atoms with Gasteiger partial charge in [-0.25, -0.2) is 13.4 Å². The van der Waals surface area contributed by atoms with Crippen molar-refractivity contribution in [1.29, 1.82) is 0 Å². The van der Waals surface area contributed by atoms with Crippen LogP contribution < -0.4 is 5.32 Å². The van der Waals surface area contributed by atoms with Crippen LogP contribution >= 0.6 is 0 Å². The van der Waals surface area contributed by atoms with Crippen molar-refractivity contribution in [2.75, 3.05) is 12.8 Å². The van der Waals surface area contributed by atoms with Gasteiger partial charge in [0, 0.05) is 24.4 Å². The maximum absolute atomic E-state index is 12.2. The number of nitrogens with one attached hydrogen (secondary N) is 1. The van der Waals surface area contributed by atoms with Crippen LogP contribution in [0.5, 0.6) is 0 Å². The Balaban J connectivity index is 2.92. The molecule has 0 spiro atoms. The molecule has 0 saturated carbocycles. The average Bonchev–Trinajstić information content (AvgIpc) is 2.43. The molecule has 0 aliphatic carbocycles. The topological polar surface area (TPSA) is 96.4 Å². The predicted octanol–water partition coefficient (Wildman–Crippen LogP) is 1.26. The SMILES string of the molecule is CC(C)[C@@H](O)C(C)(C)CNC(=O)c1ncccc1S(C)(=O)=O. The lowest BCUT2D eigenvalue weighted by atomic mass is 9.80. The summed E-state index contributed by atoms with van der Waals surface area (Å²) in [6.45, 7) is 7.69. The number of sulfone groups is 1. The van der Waals surface area contributed by atoms with Crippen LogP contribution in [0.3, 0.4) is 0 Å². The summed E-state index contributed by atoms with van der Waals surface area (Å²) >= 11 is 0. The number of amides is 1. The van der Waals surface area contributed by atoms with E-state index in [0.29, 0.717) is 0 Å². The van der Waals surface area contributed by atoms with E-state index in [9.17, 15) is 18.3 Å². The van der Waals surface area contributed by atoms with Gasteiger partial charge in [-0.1, -0.05) is 27.7 Å². The molecule has 0 saturated heterocycles. The second kappa shape index (κ2) is 6.75. The molecule has 0 aliphatic heterocycles. The normalized spacial score (nSPS) is 14.0. The van der Waals surface area contributed by atoms with Crippen molar-refractivity contribution >= 4 is 15.7 Å². The maximum Gasteiger partial charge on any atom is 0.271 e. The van der Waals surface area contributed by atoms with E-state index < -0.39 is 27.3 Å².